The predicted molar refractivity (Wildman–Crippen MR) is 478 cm³/mol. The number of nitrogens with zero attached hydrogens (tertiary/aromatic N) is 2. The van der Waals surface area contributed by atoms with E-state index in [1.165, 1.54) is 30.2 Å². The van der Waals surface area contributed by atoms with Crippen molar-refractivity contribution in [1.82, 2.24) is 49.7 Å². The van der Waals surface area contributed by atoms with Crippen LogP contribution in [-0.2, 0) is 32.7 Å². The van der Waals surface area contributed by atoms with E-state index in [4.69, 9.17) is 21.1 Å². The fraction of sp³-hybridized carbons (Fsp3) is 0.263. The number of nitrogens with one attached hydrogen (secondary N) is 8. The molecule has 0 spiro atoms. The van der Waals surface area contributed by atoms with E-state index in [0.717, 1.165) is 69.3 Å². The second kappa shape index (κ2) is 40.2. The van der Waals surface area contributed by atoms with Crippen molar-refractivity contribution >= 4 is 44.8 Å². The summed E-state index contributed by atoms with van der Waals surface area (Å²) in [6.45, 7) is 5.64. The highest BCUT2D eigenvalue weighted by atomic mass is 35.5. The van der Waals surface area contributed by atoms with Gasteiger partial charge in [0, 0.05) is 124 Å². The molecule has 0 saturated heterocycles. The summed E-state index contributed by atoms with van der Waals surface area (Å²) < 4.78 is 84.1. The largest absolute Gasteiger partial charge is 0.491 e. The number of H-pyrrole nitrogens is 8. The molecule has 0 saturated carbocycles. The molecule has 4 aliphatic carbocycles. The summed E-state index contributed by atoms with van der Waals surface area (Å²) in [5, 5.41) is 5.58. The first kappa shape index (κ1) is 87.8. The SMILES string of the molecule is CCOc1ccc(C2=CCC(c3[nH]c(=O)[nH]c(=O)c3Cc3ccccc3)CC2)c(Cl)c1F.CCOc1ccc(C2=CCC(c3[nH]c(=O)[nH]c(=O)c3Cc3ccccc3)CC2)c(F)c1F.Cc1ccc(C2=CCC(c3[nH]c(=O)[nH]c(=O)c3Cc3ccccc3)CC2)c(F)c1F.Cn1ncc2cccc(C3=CCC(c4[nH]c(=O)[nH]c(=O)c4Cc4ccccc4)CC3)c21. The van der Waals surface area contributed by atoms with Crippen LogP contribution in [0.15, 0.2) is 245 Å². The van der Waals surface area contributed by atoms with E-state index >= 15 is 0 Å². The molecule has 13 aromatic rings. The highest BCUT2D eigenvalue weighted by Crippen LogP contribution is 2.44. The molecule has 4 unspecified atom stereocenters. The lowest BCUT2D eigenvalue weighted by molar-refractivity contribution is 0.314. The van der Waals surface area contributed by atoms with E-state index in [9.17, 15) is 60.3 Å². The monoisotopic (exact) mass is 1710 g/mol. The topological polar surface area (TPSA) is 299 Å². The van der Waals surface area contributed by atoms with E-state index in [2.05, 4.69) is 69.2 Å². The summed E-state index contributed by atoms with van der Waals surface area (Å²) in [4.78, 5) is 119. The van der Waals surface area contributed by atoms with Crippen LogP contribution in [0.1, 0.15) is 210 Å². The third kappa shape index (κ3) is 20.7. The molecule has 5 heterocycles. The molecule has 0 bridgehead atoms. The Kier molecular flexibility index (Phi) is 28.2. The van der Waals surface area contributed by atoms with Gasteiger partial charge in [-0.2, -0.15) is 9.49 Å². The van der Waals surface area contributed by atoms with Gasteiger partial charge in [-0.05, 0) is 178 Å². The number of ether oxygens (including phenoxy) is 2. The number of halogens is 6. The Morgan fingerprint density at radius 2 is 0.688 bits per heavy atom. The molecule has 5 aromatic heterocycles. The minimum atomic E-state index is -0.989. The zero-order chi connectivity index (χ0) is 88.0. The van der Waals surface area contributed by atoms with Gasteiger partial charge in [0.15, 0.2) is 34.8 Å². The number of hydrogen-bond acceptors (Lipinski definition) is 11. The maximum Gasteiger partial charge on any atom is 0.325 e. The van der Waals surface area contributed by atoms with Gasteiger partial charge in [0.25, 0.3) is 22.2 Å². The minimum Gasteiger partial charge on any atom is -0.491 e. The fourth-order valence-corrected chi connectivity index (χ4v) is 17.5. The average molecular weight is 1710 g/mol. The summed E-state index contributed by atoms with van der Waals surface area (Å²) in [5.74, 6) is -4.14. The number of aromatic nitrogens is 10. The summed E-state index contributed by atoms with van der Waals surface area (Å²) in [5.41, 5.74) is 12.9. The Morgan fingerprint density at radius 1 is 0.368 bits per heavy atom. The molecule has 0 aliphatic heterocycles. The summed E-state index contributed by atoms with van der Waals surface area (Å²) in [7, 11) is 1.97. The summed E-state index contributed by atoms with van der Waals surface area (Å²) in [6, 6.07) is 54.5. The summed E-state index contributed by atoms with van der Waals surface area (Å²) in [6.07, 6.45) is 19.4. The standard InChI is InChI=1S/C25H24ClFN2O3.C25H24F2N2O3.C25H24N4O2.C24H22F2N2O2/c2*1-2-32-20-13-12-18(21(26)22(20)27)16-8-10-17(11-9-16)23-19(24(30)29-25(31)28-23)14-15-6-4-3-5-7-15;1-29-23-19(15-26-29)8-5-9-20(23)17-10-12-18(13-11-17)22-21(24(30)28-25(31)27-22)14-16-6-3-2-4-7-16;1-14-7-12-18(21(26)20(14)25)16-8-10-17(11-9-16)22-19(23(29)28-24(30)27-22)13-15-5-3-2-4-6-15/h2*3-8,12-13,17H,2,9-11,14H2,1H3,(H2,28,29,30,31);2-10,15,18H,11-14H2,1H3,(H2,27,28,30,31);2-8,12,17H,9-11,13H2,1H3,(H2,27,28,29,30). The molecule has 0 radical (unpaired) electrons. The van der Waals surface area contributed by atoms with Gasteiger partial charge in [-0.25, -0.2) is 36.7 Å². The van der Waals surface area contributed by atoms with E-state index < -0.39 is 57.4 Å². The third-order valence-electron chi connectivity index (χ3n) is 23.6. The van der Waals surface area contributed by atoms with Gasteiger partial charge in [0.05, 0.1) is 29.9 Å². The van der Waals surface area contributed by atoms with Crippen LogP contribution in [0, 0.1) is 36.0 Å². The zero-order valence-corrected chi connectivity index (χ0v) is 70.2. The number of para-hydroxylation sites is 1. The van der Waals surface area contributed by atoms with Crippen molar-refractivity contribution in [1.29, 1.82) is 0 Å². The van der Waals surface area contributed by atoms with Crippen LogP contribution >= 0.6 is 11.6 Å². The first-order valence-electron chi connectivity index (χ1n) is 41.9. The molecule has 125 heavy (non-hydrogen) atoms. The lowest BCUT2D eigenvalue weighted by atomic mass is 9.82. The van der Waals surface area contributed by atoms with Crippen molar-refractivity contribution in [3.05, 3.63) is 419 Å². The van der Waals surface area contributed by atoms with Crippen molar-refractivity contribution in [3.8, 4) is 11.5 Å². The average Bonchev–Trinajstić information content (AvgIpc) is 1.44. The first-order valence-corrected chi connectivity index (χ1v) is 42.3. The molecular formula is C99H94ClF5N10O10. The van der Waals surface area contributed by atoms with Gasteiger partial charge in [0.1, 0.15) is 0 Å². The molecule has 0 fully saturated rings. The number of aromatic amines is 8. The van der Waals surface area contributed by atoms with Crippen LogP contribution in [0.5, 0.6) is 11.5 Å². The van der Waals surface area contributed by atoms with E-state index in [-0.39, 0.29) is 80.2 Å². The first-order chi connectivity index (χ1) is 60.5. The molecule has 20 nitrogen and oxygen atoms in total. The van der Waals surface area contributed by atoms with Crippen LogP contribution in [0.2, 0.25) is 5.02 Å². The lowest BCUT2D eigenvalue weighted by Gasteiger charge is -2.24. The molecule has 642 valence electrons. The van der Waals surface area contributed by atoms with Gasteiger partial charge in [-0.3, -0.25) is 43.8 Å². The quantitative estimate of drug-likeness (QED) is 0.0332. The Labute approximate surface area is 719 Å². The van der Waals surface area contributed by atoms with Gasteiger partial charge in [-0.1, -0.05) is 188 Å². The highest BCUT2D eigenvalue weighted by Gasteiger charge is 2.31. The molecule has 4 atom stereocenters. The summed E-state index contributed by atoms with van der Waals surface area (Å²) >= 11 is 6.29. The molecular weight excluding hydrogens is 1620 g/mol. The second-order valence-corrected chi connectivity index (χ2v) is 31.9. The Morgan fingerprint density at radius 3 is 1.03 bits per heavy atom. The van der Waals surface area contributed by atoms with Crippen LogP contribution in [0.3, 0.4) is 0 Å². The van der Waals surface area contributed by atoms with Gasteiger partial charge >= 0.3 is 22.8 Å². The number of fused-ring (bicyclic) bond motifs is 1. The maximum absolute atomic E-state index is 14.6. The van der Waals surface area contributed by atoms with Gasteiger partial charge in [-0.15, -0.1) is 0 Å². The zero-order valence-electron chi connectivity index (χ0n) is 69.4. The predicted octanol–water partition coefficient (Wildman–Crippen LogP) is 18.4. The van der Waals surface area contributed by atoms with Crippen molar-refractivity contribution in [3.63, 3.8) is 0 Å². The number of rotatable bonds is 20. The normalized spacial score (nSPS) is 16.2. The molecule has 26 heteroatoms. The number of hydrogen-bond donors (Lipinski definition) is 8. The molecule has 8 aromatic carbocycles. The third-order valence-corrected chi connectivity index (χ3v) is 24.0. The van der Waals surface area contributed by atoms with Crippen LogP contribution in [0.25, 0.3) is 33.2 Å². The van der Waals surface area contributed by atoms with Crippen molar-refractivity contribution in [2.24, 2.45) is 7.05 Å². The van der Waals surface area contributed by atoms with Gasteiger partial charge in [0.2, 0.25) is 5.82 Å². The second-order valence-electron chi connectivity index (χ2n) is 31.6. The fourth-order valence-electron chi connectivity index (χ4n) is 17.3. The van der Waals surface area contributed by atoms with E-state index in [1.54, 1.807) is 38.1 Å². The highest BCUT2D eigenvalue weighted by molar-refractivity contribution is 6.32. The smallest absolute Gasteiger partial charge is 0.325 e. The number of benzene rings is 8. The number of aryl methyl sites for hydroxylation is 2. The minimum absolute atomic E-state index is 0.0150. The molecule has 17 rings (SSSR count). The maximum atomic E-state index is 14.6. The van der Waals surface area contributed by atoms with Gasteiger partial charge < -0.3 is 29.4 Å². The van der Waals surface area contributed by atoms with E-state index in [0.29, 0.717) is 141 Å². The molecule has 8 N–H and O–H groups in total. The van der Waals surface area contributed by atoms with Crippen molar-refractivity contribution in [2.75, 3.05) is 13.2 Å². The van der Waals surface area contributed by atoms with Crippen LogP contribution in [-0.4, -0.2) is 62.9 Å². The Hall–Kier alpha value is -13.6. The van der Waals surface area contributed by atoms with Crippen molar-refractivity contribution in [2.45, 2.75) is 147 Å². The Bertz CT molecular complexity index is 6570. The molecule has 0 amide bonds. The van der Waals surface area contributed by atoms with Crippen molar-refractivity contribution < 1.29 is 31.4 Å². The van der Waals surface area contributed by atoms with E-state index in [1.807, 2.05) is 157 Å². The Balaban J connectivity index is 0.000000135. The van der Waals surface area contributed by atoms with Crippen LogP contribution in [0.4, 0.5) is 22.0 Å². The molecule has 4 aliphatic rings. The van der Waals surface area contributed by atoms with Crippen LogP contribution < -0.4 is 54.5 Å². The lowest BCUT2D eigenvalue weighted by Crippen LogP contribution is -2.30. The number of allylic oxidation sites excluding steroid dienone is 8.